The van der Waals surface area contributed by atoms with Gasteiger partial charge in [-0.3, -0.25) is 9.59 Å². The zero-order valence-corrected chi connectivity index (χ0v) is 19.6. The Balaban J connectivity index is 1.31. The van der Waals surface area contributed by atoms with Gasteiger partial charge in [-0.1, -0.05) is 32.0 Å². The minimum Gasteiger partial charge on any atom is -0.422 e. The van der Waals surface area contributed by atoms with Crippen LogP contribution in [0.1, 0.15) is 20.3 Å². The quantitative estimate of drug-likeness (QED) is 0.545. The van der Waals surface area contributed by atoms with Gasteiger partial charge in [-0.25, -0.2) is 9.78 Å². The maximum Gasteiger partial charge on any atom is 0.345 e. The Morgan fingerprint density at radius 1 is 1.22 bits per heavy atom. The Morgan fingerprint density at radius 2 is 1.97 bits per heavy atom. The van der Waals surface area contributed by atoms with Crippen LogP contribution in [0.15, 0.2) is 44.9 Å². The number of rotatable bonds is 6. The second-order valence-electron chi connectivity index (χ2n) is 8.31. The van der Waals surface area contributed by atoms with E-state index in [1.54, 1.807) is 23.6 Å². The molecule has 2 unspecified atom stereocenters. The fourth-order valence-corrected chi connectivity index (χ4v) is 5.48. The summed E-state index contributed by atoms with van der Waals surface area (Å²) in [5, 5.41) is 5.67. The van der Waals surface area contributed by atoms with Crippen molar-refractivity contribution in [3.8, 4) is 11.3 Å². The highest BCUT2D eigenvalue weighted by Gasteiger charge is 2.25. The molecule has 0 spiro atoms. The van der Waals surface area contributed by atoms with E-state index in [4.69, 9.17) is 4.42 Å². The normalized spacial score (nSPS) is 18.6. The molecule has 1 fully saturated rings. The van der Waals surface area contributed by atoms with Crippen LogP contribution in [0.5, 0.6) is 0 Å². The Labute approximate surface area is 194 Å². The minimum atomic E-state index is -0.470. The van der Waals surface area contributed by atoms with Crippen LogP contribution in [0.2, 0.25) is 0 Å². The van der Waals surface area contributed by atoms with E-state index in [9.17, 15) is 14.4 Å². The van der Waals surface area contributed by atoms with E-state index in [1.165, 1.54) is 23.1 Å². The number of anilines is 1. The Bertz CT molecular complexity index is 1180. The number of nitrogens with zero attached hydrogens (tertiary/aromatic N) is 2. The maximum absolute atomic E-state index is 12.4. The molecular weight excluding hydrogens is 446 g/mol. The fraction of sp³-hybridized carbons (Fsp3) is 0.391. The Morgan fingerprint density at radius 3 is 2.75 bits per heavy atom. The van der Waals surface area contributed by atoms with E-state index in [-0.39, 0.29) is 23.3 Å². The Kier molecular flexibility index (Phi) is 6.95. The van der Waals surface area contributed by atoms with Crippen molar-refractivity contribution >= 4 is 51.0 Å². The van der Waals surface area contributed by atoms with E-state index in [0.29, 0.717) is 33.8 Å². The van der Waals surface area contributed by atoms with E-state index in [2.05, 4.69) is 24.1 Å². The molecule has 2 amide bonds. The number of thioether (sulfide) groups is 1. The Hall–Kier alpha value is -2.65. The van der Waals surface area contributed by atoms with Crippen molar-refractivity contribution in [3.63, 3.8) is 0 Å². The van der Waals surface area contributed by atoms with Gasteiger partial charge < -0.3 is 14.6 Å². The summed E-state index contributed by atoms with van der Waals surface area (Å²) in [4.78, 5) is 43.3. The van der Waals surface area contributed by atoms with E-state index >= 15 is 0 Å². The summed E-state index contributed by atoms with van der Waals surface area (Å²) in [6.45, 7) is 5.92. The van der Waals surface area contributed by atoms with Crippen LogP contribution in [-0.2, 0) is 9.59 Å². The van der Waals surface area contributed by atoms with Crippen LogP contribution in [0.4, 0.5) is 5.13 Å². The third-order valence-corrected chi connectivity index (χ3v) is 7.02. The summed E-state index contributed by atoms with van der Waals surface area (Å²) in [5.41, 5.74) is 0.860. The van der Waals surface area contributed by atoms with Crippen LogP contribution < -0.4 is 10.9 Å². The lowest BCUT2D eigenvalue weighted by Gasteiger charge is -2.35. The smallest absolute Gasteiger partial charge is 0.345 e. The second-order valence-corrected chi connectivity index (χ2v) is 10.2. The summed E-state index contributed by atoms with van der Waals surface area (Å²) in [5.74, 6) is 1.34. The van der Waals surface area contributed by atoms with Gasteiger partial charge in [0.15, 0.2) is 5.13 Å². The van der Waals surface area contributed by atoms with Crippen LogP contribution in [-0.4, -0.2) is 46.3 Å². The number of thiazole rings is 1. The van der Waals surface area contributed by atoms with Gasteiger partial charge in [0, 0.05) is 23.9 Å². The molecule has 1 aliphatic heterocycles. The molecular formula is C23H25N3O4S2. The zero-order chi connectivity index (χ0) is 22.7. The first kappa shape index (κ1) is 22.5. The molecule has 3 aromatic rings. The molecule has 0 saturated carbocycles. The van der Waals surface area contributed by atoms with Gasteiger partial charge in [-0.15, -0.1) is 23.1 Å². The summed E-state index contributed by atoms with van der Waals surface area (Å²) >= 11 is 2.54. The number of fused-ring (bicyclic) bond motifs is 1. The molecule has 2 aromatic heterocycles. The number of nitrogens with one attached hydrogen (secondary N) is 1. The molecule has 0 aliphatic carbocycles. The molecule has 168 valence electrons. The lowest BCUT2D eigenvalue weighted by molar-refractivity contribution is -0.130. The number of para-hydroxylation sites is 1. The zero-order valence-electron chi connectivity index (χ0n) is 18.0. The molecule has 0 bridgehead atoms. The highest BCUT2D eigenvalue weighted by Crippen LogP contribution is 2.25. The monoisotopic (exact) mass is 471 g/mol. The predicted octanol–water partition coefficient (Wildman–Crippen LogP) is 4.09. The molecule has 2 atom stereocenters. The first-order valence-corrected chi connectivity index (χ1v) is 12.6. The fourth-order valence-electron chi connectivity index (χ4n) is 4.04. The molecule has 3 heterocycles. The van der Waals surface area contributed by atoms with Crippen molar-refractivity contribution in [1.82, 2.24) is 9.88 Å². The third kappa shape index (κ3) is 5.39. The molecule has 32 heavy (non-hydrogen) atoms. The predicted molar refractivity (Wildman–Crippen MR) is 129 cm³/mol. The van der Waals surface area contributed by atoms with Gasteiger partial charge in [0.1, 0.15) is 5.58 Å². The average molecular weight is 472 g/mol. The summed E-state index contributed by atoms with van der Waals surface area (Å²) in [7, 11) is 0. The number of hydrogen-bond acceptors (Lipinski definition) is 7. The van der Waals surface area contributed by atoms with Crippen LogP contribution in [0.25, 0.3) is 22.2 Å². The van der Waals surface area contributed by atoms with Gasteiger partial charge in [-0.2, -0.15) is 0 Å². The topological polar surface area (TPSA) is 92.5 Å². The molecule has 1 aromatic carbocycles. The van der Waals surface area contributed by atoms with Crippen molar-refractivity contribution in [2.24, 2.45) is 11.8 Å². The number of hydrogen-bond donors (Lipinski definition) is 1. The first-order chi connectivity index (χ1) is 15.4. The average Bonchev–Trinajstić information content (AvgIpc) is 3.20. The van der Waals surface area contributed by atoms with Crippen molar-refractivity contribution in [2.45, 2.75) is 20.3 Å². The van der Waals surface area contributed by atoms with Crippen molar-refractivity contribution in [2.75, 3.05) is 29.9 Å². The molecule has 7 nitrogen and oxygen atoms in total. The van der Waals surface area contributed by atoms with Crippen molar-refractivity contribution < 1.29 is 14.0 Å². The molecule has 1 aliphatic rings. The molecule has 1 N–H and O–H groups in total. The number of carbonyl (C=O) groups excluding carboxylic acids is 2. The van der Waals surface area contributed by atoms with Gasteiger partial charge in [0.2, 0.25) is 11.8 Å². The number of amides is 2. The molecule has 1 saturated heterocycles. The number of piperidine rings is 1. The van der Waals surface area contributed by atoms with Crippen molar-refractivity contribution in [1.29, 1.82) is 0 Å². The first-order valence-electron chi connectivity index (χ1n) is 10.5. The van der Waals surface area contributed by atoms with E-state index in [0.717, 1.165) is 24.9 Å². The third-order valence-electron chi connectivity index (χ3n) is 5.35. The summed E-state index contributed by atoms with van der Waals surface area (Å²) < 4.78 is 5.36. The maximum atomic E-state index is 12.4. The van der Waals surface area contributed by atoms with Crippen LogP contribution >= 0.6 is 23.1 Å². The largest absolute Gasteiger partial charge is 0.422 e. The highest BCUT2D eigenvalue weighted by atomic mass is 32.2. The number of carbonyl (C=O) groups is 2. The van der Waals surface area contributed by atoms with E-state index in [1.807, 2.05) is 17.0 Å². The van der Waals surface area contributed by atoms with Crippen LogP contribution in [0.3, 0.4) is 0 Å². The van der Waals surface area contributed by atoms with Gasteiger partial charge >= 0.3 is 5.63 Å². The lowest BCUT2D eigenvalue weighted by atomic mass is 9.92. The molecule has 9 heteroatoms. The minimum absolute atomic E-state index is 0.0840. The molecule has 4 rings (SSSR count). The highest BCUT2D eigenvalue weighted by molar-refractivity contribution is 8.00. The van der Waals surface area contributed by atoms with E-state index < -0.39 is 5.63 Å². The standard InChI is InChI=1S/C23H25N3O4S2/c1-14-7-15(2)10-26(9-14)21(28)13-31-12-20(27)25-23-24-18(11-32-23)17-8-16-5-3-4-6-19(16)30-22(17)29/h3-6,8,11,14-15H,7,9-10,12-13H2,1-2H3,(H,24,25,27). The van der Waals surface area contributed by atoms with Gasteiger partial charge in [0.25, 0.3) is 0 Å². The number of likely N-dealkylation sites (tertiary alicyclic amines) is 1. The molecule has 0 radical (unpaired) electrons. The number of benzene rings is 1. The second kappa shape index (κ2) is 9.87. The lowest BCUT2D eigenvalue weighted by Crippen LogP contribution is -2.43. The summed E-state index contributed by atoms with van der Waals surface area (Å²) in [6, 6.07) is 9.02. The van der Waals surface area contributed by atoms with Gasteiger partial charge in [-0.05, 0) is 30.4 Å². The van der Waals surface area contributed by atoms with Crippen molar-refractivity contribution in [3.05, 3.63) is 46.1 Å². The van der Waals surface area contributed by atoms with Gasteiger partial charge in [0.05, 0.1) is 22.8 Å². The van der Waals surface area contributed by atoms with Crippen LogP contribution in [0, 0.1) is 11.8 Å². The number of aromatic nitrogens is 1. The SMILES string of the molecule is CC1CC(C)CN(C(=O)CSCC(=O)Nc2nc(-c3cc4ccccc4oc3=O)cs2)C1. The summed E-state index contributed by atoms with van der Waals surface area (Å²) in [6.07, 6.45) is 1.15.